The number of amides is 2. The van der Waals surface area contributed by atoms with Crippen LogP contribution in [0.25, 0.3) is 0 Å². The number of carbonyl (C=O) groups is 1. The molecule has 0 radical (unpaired) electrons. The molecule has 20 heavy (non-hydrogen) atoms. The lowest BCUT2D eigenvalue weighted by atomic mass is 10.0. The lowest BCUT2D eigenvalue weighted by Gasteiger charge is -2.31. The van der Waals surface area contributed by atoms with Crippen LogP contribution in [0, 0.1) is 0 Å². The van der Waals surface area contributed by atoms with Crippen LogP contribution in [-0.4, -0.2) is 26.8 Å². The second kappa shape index (κ2) is 9.08. The summed E-state index contributed by atoms with van der Waals surface area (Å²) in [4.78, 5) is 12.3. The van der Waals surface area contributed by atoms with Crippen LogP contribution < -0.4 is 5.32 Å². The van der Waals surface area contributed by atoms with Gasteiger partial charge in [0.1, 0.15) is 0 Å². The molecule has 116 valence electrons. The number of hydrogen-bond acceptors (Lipinski definition) is 3. The summed E-state index contributed by atoms with van der Waals surface area (Å²) in [7, 11) is 0. The quantitative estimate of drug-likeness (QED) is 0.726. The van der Waals surface area contributed by atoms with E-state index in [4.69, 9.17) is 0 Å². The molecule has 0 atom stereocenters. The molecule has 2 aliphatic rings. The van der Waals surface area contributed by atoms with Crippen LogP contribution in [-0.2, 0) is 0 Å². The van der Waals surface area contributed by atoms with Crippen molar-refractivity contribution < 1.29 is 4.79 Å². The molecular weight excluding hydrogens is 288 g/mol. The number of urea groups is 1. The van der Waals surface area contributed by atoms with Crippen molar-refractivity contribution in [2.75, 3.05) is 6.54 Å². The third-order valence-electron chi connectivity index (χ3n) is 4.09. The predicted molar refractivity (Wildman–Crippen MR) is 89.8 cm³/mol. The fourth-order valence-electron chi connectivity index (χ4n) is 2.95. The normalized spacial score (nSPS) is 21.6. The van der Waals surface area contributed by atoms with E-state index in [1.165, 1.54) is 64.2 Å². The Morgan fingerprint density at radius 1 is 0.950 bits per heavy atom. The van der Waals surface area contributed by atoms with Gasteiger partial charge in [-0.15, -0.1) is 0 Å². The summed E-state index contributed by atoms with van der Waals surface area (Å²) in [6.07, 6.45) is 13.1. The van der Waals surface area contributed by atoms with Crippen LogP contribution in [0.2, 0.25) is 0 Å². The van der Waals surface area contributed by atoms with Gasteiger partial charge in [0.2, 0.25) is 0 Å². The molecule has 5 heteroatoms. The van der Waals surface area contributed by atoms with Crippen LogP contribution in [0.4, 0.5) is 4.79 Å². The summed E-state index contributed by atoms with van der Waals surface area (Å²) in [6.45, 7) is 2.71. The van der Waals surface area contributed by atoms with Crippen molar-refractivity contribution in [2.45, 2.75) is 81.6 Å². The zero-order valence-corrected chi connectivity index (χ0v) is 14.2. The smallest absolute Gasteiger partial charge is 0.337 e. The fourth-order valence-corrected chi connectivity index (χ4v) is 5.83. The average Bonchev–Trinajstić information content (AvgIpc) is 2.49. The van der Waals surface area contributed by atoms with Gasteiger partial charge in [0.15, 0.2) is 0 Å². The van der Waals surface area contributed by atoms with Gasteiger partial charge in [0.05, 0.1) is 0 Å². The standard InChI is InChI=1S/C15H28N2OS2/c1-2-16-15(18)17(19-13-9-5-3-6-10-13)20-14-11-7-4-8-12-14/h13-14H,2-12H2,1H3,(H,16,18). The topological polar surface area (TPSA) is 32.3 Å². The van der Waals surface area contributed by atoms with E-state index in [1.54, 1.807) is 23.9 Å². The molecule has 0 aromatic carbocycles. The SMILES string of the molecule is CCNC(=O)N(SC1CCCCC1)SC1CCCCC1. The Morgan fingerprint density at radius 3 is 1.80 bits per heavy atom. The summed E-state index contributed by atoms with van der Waals surface area (Å²) in [5.41, 5.74) is 0. The molecule has 2 saturated carbocycles. The van der Waals surface area contributed by atoms with E-state index in [9.17, 15) is 4.79 Å². The second-order valence-corrected chi connectivity index (χ2v) is 8.54. The Morgan fingerprint density at radius 2 is 1.40 bits per heavy atom. The first-order valence-corrected chi connectivity index (χ1v) is 9.88. The zero-order valence-electron chi connectivity index (χ0n) is 12.6. The fraction of sp³-hybridized carbons (Fsp3) is 0.933. The molecule has 0 bridgehead atoms. The summed E-state index contributed by atoms with van der Waals surface area (Å²) < 4.78 is 1.97. The zero-order chi connectivity index (χ0) is 14.2. The summed E-state index contributed by atoms with van der Waals surface area (Å²) >= 11 is 3.58. The van der Waals surface area contributed by atoms with Crippen molar-refractivity contribution in [3.05, 3.63) is 0 Å². The van der Waals surface area contributed by atoms with E-state index in [1.807, 2.05) is 10.6 Å². The molecule has 3 nitrogen and oxygen atoms in total. The molecule has 0 spiro atoms. The minimum Gasteiger partial charge on any atom is -0.337 e. The molecule has 0 aromatic rings. The molecule has 1 N–H and O–H groups in total. The Kier molecular flexibility index (Phi) is 7.42. The summed E-state index contributed by atoms with van der Waals surface area (Å²) in [5, 5.41) is 4.25. The van der Waals surface area contributed by atoms with Crippen molar-refractivity contribution in [2.24, 2.45) is 0 Å². The van der Waals surface area contributed by atoms with Crippen LogP contribution in [0.1, 0.15) is 71.1 Å². The third-order valence-corrected chi connectivity index (χ3v) is 6.86. The van der Waals surface area contributed by atoms with Crippen LogP contribution in [0.3, 0.4) is 0 Å². The minimum absolute atomic E-state index is 0.0960. The van der Waals surface area contributed by atoms with Gasteiger partial charge >= 0.3 is 6.03 Å². The summed E-state index contributed by atoms with van der Waals surface area (Å²) in [5.74, 6) is 0. The molecule has 0 heterocycles. The molecule has 2 fully saturated rings. The van der Waals surface area contributed by atoms with E-state index in [-0.39, 0.29) is 6.03 Å². The lowest BCUT2D eigenvalue weighted by Crippen LogP contribution is -2.34. The van der Waals surface area contributed by atoms with E-state index in [2.05, 4.69) is 5.32 Å². The number of nitrogens with zero attached hydrogens (tertiary/aromatic N) is 1. The van der Waals surface area contributed by atoms with Gasteiger partial charge in [0.25, 0.3) is 0 Å². The molecule has 0 saturated heterocycles. The maximum absolute atomic E-state index is 12.3. The highest BCUT2D eigenvalue weighted by Gasteiger charge is 2.26. The van der Waals surface area contributed by atoms with Gasteiger partial charge in [-0.3, -0.25) is 0 Å². The molecule has 0 aromatic heterocycles. The monoisotopic (exact) mass is 316 g/mol. The van der Waals surface area contributed by atoms with Crippen LogP contribution >= 0.6 is 23.9 Å². The summed E-state index contributed by atoms with van der Waals surface area (Å²) in [6, 6.07) is 0.0960. The van der Waals surface area contributed by atoms with Crippen molar-refractivity contribution in [1.29, 1.82) is 0 Å². The Bertz CT molecular complexity index is 270. The van der Waals surface area contributed by atoms with Crippen molar-refractivity contribution in [1.82, 2.24) is 9.03 Å². The van der Waals surface area contributed by atoms with Gasteiger partial charge in [-0.1, -0.05) is 38.5 Å². The van der Waals surface area contributed by atoms with E-state index in [0.717, 1.165) is 0 Å². The number of hydrogen-bond donors (Lipinski definition) is 1. The van der Waals surface area contributed by atoms with Crippen LogP contribution in [0.15, 0.2) is 0 Å². The molecule has 0 unspecified atom stereocenters. The van der Waals surface area contributed by atoms with Gasteiger partial charge in [-0.05, 0) is 56.5 Å². The second-order valence-electron chi connectivity index (χ2n) is 5.82. The van der Waals surface area contributed by atoms with Crippen molar-refractivity contribution in [3.8, 4) is 0 Å². The number of carbonyl (C=O) groups excluding carboxylic acids is 1. The van der Waals surface area contributed by atoms with E-state index < -0.39 is 0 Å². The number of nitrogens with one attached hydrogen (secondary N) is 1. The largest absolute Gasteiger partial charge is 0.337 e. The Balaban J connectivity index is 1.86. The minimum atomic E-state index is 0.0960. The van der Waals surface area contributed by atoms with E-state index in [0.29, 0.717) is 17.0 Å². The highest BCUT2D eigenvalue weighted by molar-refractivity contribution is 8.13. The Labute approximate surface area is 132 Å². The lowest BCUT2D eigenvalue weighted by molar-refractivity contribution is 0.238. The first kappa shape index (κ1) is 16.3. The number of rotatable bonds is 5. The van der Waals surface area contributed by atoms with Gasteiger partial charge in [-0.25, -0.2) is 8.51 Å². The molecular formula is C15H28N2OS2. The Hall–Kier alpha value is -0.0300. The molecule has 2 aliphatic carbocycles. The van der Waals surface area contributed by atoms with Gasteiger partial charge in [0, 0.05) is 17.0 Å². The van der Waals surface area contributed by atoms with Crippen LogP contribution in [0.5, 0.6) is 0 Å². The third kappa shape index (κ3) is 5.40. The molecule has 2 amide bonds. The van der Waals surface area contributed by atoms with E-state index >= 15 is 0 Å². The average molecular weight is 317 g/mol. The highest BCUT2D eigenvalue weighted by atomic mass is 32.2. The van der Waals surface area contributed by atoms with Gasteiger partial charge < -0.3 is 5.32 Å². The van der Waals surface area contributed by atoms with Gasteiger partial charge in [-0.2, -0.15) is 0 Å². The first-order chi connectivity index (χ1) is 9.79. The maximum atomic E-state index is 12.3. The highest BCUT2D eigenvalue weighted by Crippen LogP contribution is 2.39. The molecule has 0 aliphatic heterocycles. The predicted octanol–water partition coefficient (Wildman–Crippen LogP) is 4.98. The maximum Gasteiger partial charge on any atom is 0.337 e. The molecule has 2 rings (SSSR count). The van der Waals surface area contributed by atoms with Crippen molar-refractivity contribution >= 4 is 29.9 Å². The van der Waals surface area contributed by atoms with Crippen molar-refractivity contribution in [3.63, 3.8) is 0 Å². The first-order valence-electron chi connectivity index (χ1n) is 8.21.